The minimum atomic E-state index is 0.623. The Kier molecular flexibility index (Phi) is 1.77. The van der Waals surface area contributed by atoms with Gasteiger partial charge in [-0.15, -0.1) is 0 Å². The van der Waals surface area contributed by atoms with Gasteiger partial charge in [0.05, 0.1) is 0 Å². The van der Waals surface area contributed by atoms with E-state index < -0.39 is 0 Å². The highest BCUT2D eigenvalue weighted by atomic mass is 16.3. The maximum atomic E-state index is 5.67. The van der Waals surface area contributed by atoms with Crippen LogP contribution in [0.4, 0.5) is 0 Å². The quantitative estimate of drug-likeness (QED) is 0.509. The Morgan fingerprint density at radius 2 is 2.06 bits per heavy atom. The lowest BCUT2D eigenvalue weighted by molar-refractivity contribution is 0.616. The molecule has 0 aromatic carbocycles. The second-order valence-corrected chi connectivity index (χ2v) is 3.96. The number of fused-ring (bicyclic) bond motifs is 2. The number of imidazole rings is 1. The lowest BCUT2D eigenvalue weighted by Gasteiger charge is -1.96. The van der Waals surface area contributed by atoms with E-state index in [0.717, 1.165) is 11.1 Å². The van der Waals surface area contributed by atoms with Gasteiger partial charge >= 0.3 is 0 Å². The molecule has 0 atom stereocenters. The van der Waals surface area contributed by atoms with Gasteiger partial charge in [0.2, 0.25) is 11.5 Å². The van der Waals surface area contributed by atoms with Crippen molar-refractivity contribution >= 4 is 16.9 Å². The van der Waals surface area contributed by atoms with Gasteiger partial charge in [-0.1, -0.05) is 0 Å². The van der Waals surface area contributed by atoms with Gasteiger partial charge in [-0.05, 0) is 24.3 Å². The molecule has 0 fully saturated rings. The average molecular weight is 236 g/mol. The van der Waals surface area contributed by atoms with Crippen LogP contribution in [0.3, 0.4) is 0 Å². The van der Waals surface area contributed by atoms with Crippen molar-refractivity contribution in [3.8, 4) is 11.5 Å². The Bertz CT molecular complexity index is 813. The molecule has 0 spiro atoms. The van der Waals surface area contributed by atoms with Crippen LogP contribution in [-0.4, -0.2) is 19.4 Å². The summed E-state index contributed by atoms with van der Waals surface area (Å²) in [5.74, 6) is 1.36. The SMILES string of the molecule is c1cnc2oc(-c3ccn4ccnc4n3)cc2c1. The molecule has 0 saturated carbocycles. The summed E-state index contributed by atoms with van der Waals surface area (Å²) in [5.41, 5.74) is 1.38. The van der Waals surface area contributed by atoms with Crippen LogP contribution in [0.5, 0.6) is 0 Å². The second kappa shape index (κ2) is 3.40. The lowest BCUT2D eigenvalue weighted by atomic mass is 10.3. The van der Waals surface area contributed by atoms with Crippen LogP contribution in [0, 0.1) is 0 Å². The first-order valence-electron chi connectivity index (χ1n) is 5.55. The molecule has 5 nitrogen and oxygen atoms in total. The predicted molar refractivity (Wildman–Crippen MR) is 66.0 cm³/mol. The lowest BCUT2D eigenvalue weighted by Crippen LogP contribution is -1.89. The van der Waals surface area contributed by atoms with Crippen LogP contribution >= 0.6 is 0 Å². The summed E-state index contributed by atoms with van der Waals surface area (Å²) in [6, 6.07) is 7.67. The molecule has 0 aliphatic heterocycles. The summed E-state index contributed by atoms with van der Waals surface area (Å²) in [5, 5.41) is 0.970. The van der Waals surface area contributed by atoms with Gasteiger partial charge in [0, 0.05) is 30.2 Å². The van der Waals surface area contributed by atoms with Crippen LogP contribution in [-0.2, 0) is 0 Å². The molecule has 0 aliphatic rings. The van der Waals surface area contributed by atoms with Gasteiger partial charge in [-0.3, -0.25) is 4.40 Å². The van der Waals surface area contributed by atoms with Gasteiger partial charge < -0.3 is 4.42 Å². The monoisotopic (exact) mass is 236 g/mol. The smallest absolute Gasteiger partial charge is 0.234 e. The molecule has 4 rings (SSSR count). The number of nitrogens with zero attached hydrogens (tertiary/aromatic N) is 4. The zero-order valence-corrected chi connectivity index (χ0v) is 9.32. The number of hydrogen-bond donors (Lipinski definition) is 0. The summed E-state index contributed by atoms with van der Waals surface area (Å²) < 4.78 is 7.52. The van der Waals surface area contributed by atoms with E-state index in [1.165, 1.54) is 0 Å². The third-order valence-corrected chi connectivity index (χ3v) is 2.81. The first-order chi connectivity index (χ1) is 8.90. The van der Waals surface area contributed by atoms with E-state index in [0.29, 0.717) is 17.3 Å². The van der Waals surface area contributed by atoms with Gasteiger partial charge in [-0.2, -0.15) is 0 Å². The van der Waals surface area contributed by atoms with E-state index in [2.05, 4.69) is 15.0 Å². The molecule has 18 heavy (non-hydrogen) atoms. The first kappa shape index (κ1) is 9.35. The summed E-state index contributed by atoms with van der Waals surface area (Å²) >= 11 is 0. The highest BCUT2D eigenvalue weighted by molar-refractivity contribution is 5.79. The van der Waals surface area contributed by atoms with E-state index >= 15 is 0 Å². The van der Waals surface area contributed by atoms with Gasteiger partial charge in [0.25, 0.3) is 0 Å². The fraction of sp³-hybridized carbons (Fsp3) is 0. The van der Waals surface area contributed by atoms with E-state index in [1.54, 1.807) is 12.4 Å². The first-order valence-corrected chi connectivity index (χ1v) is 5.55. The molecular formula is C13H8N4O. The number of rotatable bonds is 1. The van der Waals surface area contributed by atoms with Crippen LogP contribution < -0.4 is 0 Å². The Morgan fingerprint density at radius 1 is 1.06 bits per heavy atom. The molecule has 5 heteroatoms. The molecule has 0 aliphatic carbocycles. The highest BCUT2D eigenvalue weighted by Crippen LogP contribution is 2.25. The largest absolute Gasteiger partial charge is 0.436 e. The van der Waals surface area contributed by atoms with Crippen molar-refractivity contribution in [3.63, 3.8) is 0 Å². The Balaban J connectivity index is 1.94. The predicted octanol–water partition coefficient (Wildman–Crippen LogP) is 2.54. The number of hydrogen-bond acceptors (Lipinski definition) is 4. The zero-order valence-electron chi connectivity index (χ0n) is 9.32. The normalized spacial score (nSPS) is 11.3. The van der Waals surface area contributed by atoms with Crippen LogP contribution in [0.25, 0.3) is 28.3 Å². The maximum Gasteiger partial charge on any atom is 0.234 e. The molecule has 0 saturated heterocycles. The van der Waals surface area contributed by atoms with Crippen molar-refractivity contribution in [3.05, 3.63) is 49.1 Å². The van der Waals surface area contributed by atoms with E-state index in [1.807, 2.05) is 41.1 Å². The van der Waals surface area contributed by atoms with Crippen LogP contribution in [0.2, 0.25) is 0 Å². The molecule has 0 N–H and O–H groups in total. The van der Waals surface area contributed by atoms with Crippen molar-refractivity contribution < 1.29 is 4.42 Å². The molecule has 4 aromatic heterocycles. The molecular weight excluding hydrogens is 228 g/mol. The summed E-state index contributed by atoms with van der Waals surface area (Å²) in [6.07, 6.45) is 7.19. The van der Waals surface area contributed by atoms with Gasteiger partial charge in [0.15, 0.2) is 5.76 Å². The molecule has 86 valence electrons. The molecule has 0 amide bonds. The Labute approximate surface area is 102 Å². The second-order valence-electron chi connectivity index (χ2n) is 3.96. The number of pyridine rings is 1. The third kappa shape index (κ3) is 1.31. The van der Waals surface area contributed by atoms with Crippen molar-refractivity contribution in [1.29, 1.82) is 0 Å². The van der Waals surface area contributed by atoms with Crippen molar-refractivity contribution in [2.75, 3.05) is 0 Å². The van der Waals surface area contributed by atoms with Gasteiger partial charge in [-0.25, -0.2) is 15.0 Å². The highest BCUT2D eigenvalue weighted by Gasteiger charge is 2.08. The Hall–Kier alpha value is -2.69. The summed E-state index contributed by atoms with van der Waals surface area (Å²) in [7, 11) is 0. The van der Waals surface area contributed by atoms with E-state index in [4.69, 9.17) is 4.42 Å². The molecule has 4 heterocycles. The van der Waals surface area contributed by atoms with Gasteiger partial charge in [0.1, 0.15) is 5.69 Å². The molecule has 0 radical (unpaired) electrons. The summed E-state index contributed by atoms with van der Waals surface area (Å²) in [6.45, 7) is 0. The fourth-order valence-corrected chi connectivity index (χ4v) is 1.94. The standard InChI is InChI=1S/C13H8N4O/c1-2-9-8-11(18-12(9)14-4-1)10-3-6-17-7-5-15-13(17)16-10/h1-8H. The average Bonchev–Trinajstić information content (AvgIpc) is 3.04. The van der Waals surface area contributed by atoms with Crippen molar-refractivity contribution in [2.24, 2.45) is 0 Å². The zero-order chi connectivity index (χ0) is 11.9. The fourth-order valence-electron chi connectivity index (χ4n) is 1.94. The topological polar surface area (TPSA) is 56.2 Å². The molecule has 4 aromatic rings. The van der Waals surface area contributed by atoms with Crippen LogP contribution in [0.1, 0.15) is 0 Å². The Morgan fingerprint density at radius 3 is 3.00 bits per heavy atom. The molecule has 0 bridgehead atoms. The summed E-state index contributed by atoms with van der Waals surface area (Å²) in [4.78, 5) is 12.7. The van der Waals surface area contributed by atoms with E-state index in [9.17, 15) is 0 Å². The minimum absolute atomic E-state index is 0.623. The third-order valence-electron chi connectivity index (χ3n) is 2.81. The maximum absolute atomic E-state index is 5.67. The van der Waals surface area contributed by atoms with Crippen LogP contribution in [0.15, 0.2) is 53.5 Å². The van der Waals surface area contributed by atoms with E-state index in [-0.39, 0.29) is 0 Å². The van der Waals surface area contributed by atoms with Crippen molar-refractivity contribution in [2.45, 2.75) is 0 Å². The van der Waals surface area contributed by atoms with Crippen molar-refractivity contribution in [1.82, 2.24) is 19.4 Å². The number of aromatic nitrogens is 4. The number of furan rings is 1. The minimum Gasteiger partial charge on any atom is -0.436 e. The molecule has 0 unspecified atom stereocenters.